The highest BCUT2D eigenvalue weighted by atomic mass is 79.9. The molecule has 0 unspecified atom stereocenters. The first-order valence-corrected chi connectivity index (χ1v) is 8.22. The van der Waals surface area contributed by atoms with E-state index in [2.05, 4.69) is 53.1 Å². The Morgan fingerprint density at radius 2 is 1.83 bits per heavy atom. The third-order valence-electron chi connectivity index (χ3n) is 2.10. The van der Waals surface area contributed by atoms with Crippen LogP contribution in [-0.4, -0.2) is 31.0 Å². The summed E-state index contributed by atoms with van der Waals surface area (Å²) in [4.78, 5) is 11.8. The van der Waals surface area contributed by atoms with Crippen LogP contribution in [0, 0.1) is 0 Å². The lowest BCUT2D eigenvalue weighted by atomic mass is 10.2. The molecule has 0 aliphatic heterocycles. The maximum Gasteiger partial charge on any atom is 0.251 e. The van der Waals surface area contributed by atoms with Crippen molar-refractivity contribution in [3.05, 3.63) is 32.7 Å². The fourth-order valence-electron chi connectivity index (χ4n) is 1.32. The Morgan fingerprint density at radius 3 is 2.44 bits per heavy atom. The number of amides is 1. The van der Waals surface area contributed by atoms with Gasteiger partial charge in [-0.15, -0.1) is 0 Å². The first kappa shape index (κ1) is 16.1. The topological polar surface area (TPSA) is 38.3 Å². The fraction of sp³-hybridized carbons (Fsp3) is 0.417. The summed E-state index contributed by atoms with van der Waals surface area (Å²) in [5.41, 5.74) is 0.637. The van der Waals surface area contributed by atoms with E-state index >= 15 is 0 Å². The standard InChI is InChI=1S/C12H14Br3NO2/c13-2-5-18-4-1-3-16-12(17)9-6-10(14)8-11(15)7-9/h6-8H,1-5H2,(H,16,17). The average Bonchev–Trinajstić information content (AvgIpc) is 2.32. The molecule has 18 heavy (non-hydrogen) atoms. The monoisotopic (exact) mass is 441 g/mol. The summed E-state index contributed by atoms with van der Waals surface area (Å²) < 4.78 is 7.05. The van der Waals surface area contributed by atoms with Crippen molar-refractivity contribution in [3.63, 3.8) is 0 Å². The van der Waals surface area contributed by atoms with Crippen molar-refractivity contribution in [1.82, 2.24) is 5.32 Å². The Labute approximate surface area is 132 Å². The molecule has 0 spiro atoms. The zero-order valence-electron chi connectivity index (χ0n) is 9.72. The largest absolute Gasteiger partial charge is 0.381 e. The predicted octanol–water partition coefficient (Wildman–Crippen LogP) is 3.74. The van der Waals surface area contributed by atoms with E-state index in [1.165, 1.54) is 0 Å². The van der Waals surface area contributed by atoms with Crippen molar-refractivity contribution in [3.8, 4) is 0 Å². The van der Waals surface area contributed by atoms with Crippen molar-refractivity contribution in [2.24, 2.45) is 0 Å². The van der Waals surface area contributed by atoms with Gasteiger partial charge in [-0.3, -0.25) is 4.79 Å². The van der Waals surface area contributed by atoms with Gasteiger partial charge in [0.2, 0.25) is 0 Å². The van der Waals surface area contributed by atoms with Crippen molar-refractivity contribution < 1.29 is 9.53 Å². The molecule has 0 aliphatic carbocycles. The van der Waals surface area contributed by atoms with Crippen LogP contribution in [0.15, 0.2) is 27.1 Å². The van der Waals surface area contributed by atoms with Crippen LogP contribution in [0.1, 0.15) is 16.8 Å². The minimum Gasteiger partial charge on any atom is -0.381 e. The summed E-state index contributed by atoms with van der Waals surface area (Å²) in [6.45, 7) is 1.98. The third-order valence-corrected chi connectivity index (χ3v) is 3.34. The van der Waals surface area contributed by atoms with Crippen LogP contribution in [-0.2, 0) is 4.74 Å². The number of benzene rings is 1. The molecule has 6 heteroatoms. The molecule has 0 saturated heterocycles. The summed E-state index contributed by atoms with van der Waals surface area (Å²) in [7, 11) is 0. The molecule has 0 saturated carbocycles. The maximum atomic E-state index is 11.8. The first-order valence-electron chi connectivity index (χ1n) is 5.51. The van der Waals surface area contributed by atoms with Gasteiger partial charge in [0.1, 0.15) is 0 Å². The number of nitrogens with one attached hydrogen (secondary N) is 1. The molecule has 0 bridgehead atoms. The van der Waals surface area contributed by atoms with Crippen LogP contribution in [0.3, 0.4) is 0 Å². The molecule has 0 radical (unpaired) electrons. The van der Waals surface area contributed by atoms with Gasteiger partial charge in [-0.2, -0.15) is 0 Å². The molecule has 1 rings (SSSR count). The smallest absolute Gasteiger partial charge is 0.251 e. The minimum absolute atomic E-state index is 0.0718. The summed E-state index contributed by atoms with van der Waals surface area (Å²) in [5, 5.41) is 3.70. The number of rotatable bonds is 7. The van der Waals surface area contributed by atoms with E-state index in [4.69, 9.17) is 4.74 Å². The van der Waals surface area contributed by atoms with Crippen LogP contribution >= 0.6 is 47.8 Å². The molecule has 0 fully saturated rings. The van der Waals surface area contributed by atoms with Gasteiger partial charge in [0.05, 0.1) is 6.61 Å². The molecule has 0 aliphatic rings. The van der Waals surface area contributed by atoms with E-state index in [1.807, 2.05) is 6.07 Å². The van der Waals surface area contributed by atoms with Crippen LogP contribution in [0.4, 0.5) is 0 Å². The van der Waals surface area contributed by atoms with E-state index in [0.717, 1.165) is 20.7 Å². The van der Waals surface area contributed by atoms with Crippen molar-refractivity contribution in [2.75, 3.05) is 25.1 Å². The number of halogens is 3. The molecule has 1 aromatic carbocycles. The molecule has 0 aromatic heterocycles. The number of ether oxygens (including phenoxy) is 1. The van der Waals surface area contributed by atoms with Gasteiger partial charge in [0, 0.05) is 33.0 Å². The predicted molar refractivity (Wildman–Crippen MR) is 83.4 cm³/mol. The van der Waals surface area contributed by atoms with Crippen molar-refractivity contribution in [1.29, 1.82) is 0 Å². The van der Waals surface area contributed by atoms with Crippen LogP contribution in [0.2, 0.25) is 0 Å². The Bertz CT molecular complexity index is 379. The van der Waals surface area contributed by atoms with E-state index in [0.29, 0.717) is 25.3 Å². The van der Waals surface area contributed by atoms with Gasteiger partial charge in [0.15, 0.2) is 0 Å². The minimum atomic E-state index is -0.0718. The van der Waals surface area contributed by atoms with Crippen LogP contribution < -0.4 is 5.32 Å². The number of hydrogen-bond donors (Lipinski definition) is 1. The molecular weight excluding hydrogens is 430 g/mol. The van der Waals surface area contributed by atoms with Crippen LogP contribution in [0.5, 0.6) is 0 Å². The molecule has 0 heterocycles. The summed E-state index contributed by atoms with van der Waals surface area (Å²) >= 11 is 10.00. The zero-order chi connectivity index (χ0) is 13.4. The second-order valence-corrected chi connectivity index (χ2v) is 6.19. The van der Waals surface area contributed by atoms with Crippen molar-refractivity contribution >= 4 is 53.7 Å². The van der Waals surface area contributed by atoms with Gasteiger partial charge in [0.25, 0.3) is 5.91 Å². The summed E-state index contributed by atoms with van der Waals surface area (Å²) in [5.74, 6) is -0.0718. The van der Waals surface area contributed by atoms with E-state index in [1.54, 1.807) is 12.1 Å². The van der Waals surface area contributed by atoms with Crippen molar-refractivity contribution in [2.45, 2.75) is 6.42 Å². The molecule has 100 valence electrons. The highest BCUT2D eigenvalue weighted by Crippen LogP contribution is 2.19. The number of alkyl halides is 1. The van der Waals surface area contributed by atoms with Gasteiger partial charge in [-0.25, -0.2) is 0 Å². The molecule has 3 nitrogen and oxygen atoms in total. The van der Waals surface area contributed by atoms with E-state index < -0.39 is 0 Å². The lowest BCUT2D eigenvalue weighted by Gasteiger charge is -2.06. The number of carbonyl (C=O) groups excluding carboxylic acids is 1. The van der Waals surface area contributed by atoms with Gasteiger partial charge in [-0.1, -0.05) is 47.8 Å². The van der Waals surface area contributed by atoms with Gasteiger partial charge in [-0.05, 0) is 24.6 Å². The lowest BCUT2D eigenvalue weighted by molar-refractivity contribution is 0.0944. The third kappa shape index (κ3) is 6.31. The normalized spacial score (nSPS) is 10.4. The fourth-order valence-corrected chi connectivity index (χ4v) is 2.84. The molecule has 0 atom stereocenters. The molecule has 1 amide bonds. The molecule has 1 aromatic rings. The highest BCUT2D eigenvalue weighted by Gasteiger charge is 2.06. The number of hydrogen-bond acceptors (Lipinski definition) is 2. The molecular formula is C12H14Br3NO2. The quantitative estimate of drug-likeness (QED) is 0.515. The Balaban J connectivity index is 2.32. The average molecular weight is 444 g/mol. The SMILES string of the molecule is O=C(NCCCOCCBr)c1cc(Br)cc(Br)c1. The summed E-state index contributed by atoms with van der Waals surface area (Å²) in [6, 6.07) is 5.48. The Morgan fingerprint density at radius 1 is 1.17 bits per heavy atom. The second-order valence-electron chi connectivity index (χ2n) is 3.57. The zero-order valence-corrected chi connectivity index (χ0v) is 14.5. The van der Waals surface area contributed by atoms with Crippen LogP contribution in [0.25, 0.3) is 0 Å². The first-order chi connectivity index (χ1) is 8.63. The van der Waals surface area contributed by atoms with E-state index in [-0.39, 0.29) is 5.91 Å². The number of carbonyl (C=O) groups is 1. The highest BCUT2D eigenvalue weighted by molar-refractivity contribution is 9.11. The van der Waals surface area contributed by atoms with Gasteiger partial charge >= 0.3 is 0 Å². The maximum absolute atomic E-state index is 11.8. The van der Waals surface area contributed by atoms with E-state index in [9.17, 15) is 4.79 Å². The molecule has 1 N–H and O–H groups in total. The second kappa shape index (κ2) is 9.07. The Hall–Kier alpha value is 0.0900. The summed E-state index contributed by atoms with van der Waals surface area (Å²) in [6.07, 6.45) is 0.813. The lowest BCUT2D eigenvalue weighted by Crippen LogP contribution is -2.25. The Kier molecular flexibility index (Phi) is 8.13. The van der Waals surface area contributed by atoms with Gasteiger partial charge < -0.3 is 10.1 Å².